The van der Waals surface area contributed by atoms with Crippen LogP contribution in [0, 0.1) is 17.5 Å². The van der Waals surface area contributed by atoms with E-state index >= 15 is 0 Å². The summed E-state index contributed by atoms with van der Waals surface area (Å²) in [4.78, 5) is 0. The molecule has 0 nitrogen and oxygen atoms in total. The minimum atomic E-state index is -1.03. The van der Waals surface area contributed by atoms with Gasteiger partial charge in [0.15, 0.2) is 11.6 Å². The Labute approximate surface area is 95.3 Å². The van der Waals surface area contributed by atoms with E-state index in [-0.39, 0.29) is 16.1 Å². The highest BCUT2D eigenvalue weighted by Gasteiger charge is 2.11. The summed E-state index contributed by atoms with van der Waals surface area (Å²) >= 11 is 5.80. The average molecular weight is 243 g/mol. The van der Waals surface area contributed by atoms with Crippen molar-refractivity contribution < 1.29 is 13.2 Å². The minimum Gasteiger partial charge on any atom is -0.206 e. The van der Waals surface area contributed by atoms with Crippen LogP contribution in [0.15, 0.2) is 36.4 Å². The Balaban J connectivity index is 2.63. The Morgan fingerprint density at radius 1 is 0.812 bits per heavy atom. The maximum atomic E-state index is 13.5. The Morgan fingerprint density at radius 3 is 2.19 bits per heavy atom. The van der Waals surface area contributed by atoms with E-state index in [4.69, 9.17) is 11.6 Å². The molecule has 2 aromatic carbocycles. The summed E-state index contributed by atoms with van der Waals surface area (Å²) in [5.41, 5.74) is 0.282. The van der Waals surface area contributed by atoms with Crippen molar-refractivity contribution in [2.75, 3.05) is 0 Å². The van der Waals surface area contributed by atoms with Gasteiger partial charge < -0.3 is 0 Å². The molecule has 4 heteroatoms. The first kappa shape index (κ1) is 11.0. The van der Waals surface area contributed by atoms with Crippen LogP contribution in [0.1, 0.15) is 0 Å². The molecule has 0 unspecified atom stereocenters. The smallest absolute Gasteiger partial charge is 0.159 e. The summed E-state index contributed by atoms with van der Waals surface area (Å²) in [5.74, 6) is -2.58. The van der Waals surface area contributed by atoms with Crippen LogP contribution in [0.3, 0.4) is 0 Å². The van der Waals surface area contributed by atoms with Crippen molar-refractivity contribution in [1.82, 2.24) is 0 Å². The number of hydrogen-bond acceptors (Lipinski definition) is 0. The molecule has 0 aliphatic rings. The molecule has 2 rings (SSSR count). The van der Waals surface area contributed by atoms with Crippen LogP contribution in [0.25, 0.3) is 11.1 Å². The fourth-order valence-electron chi connectivity index (χ4n) is 1.43. The lowest BCUT2D eigenvalue weighted by Gasteiger charge is -2.06. The average Bonchev–Trinajstić information content (AvgIpc) is 2.23. The highest BCUT2D eigenvalue weighted by molar-refractivity contribution is 6.33. The zero-order valence-electron chi connectivity index (χ0n) is 7.98. The van der Waals surface area contributed by atoms with Gasteiger partial charge in [-0.1, -0.05) is 23.7 Å². The second-order valence-electron chi connectivity index (χ2n) is 3.23. The van der Waals surface area contributed by atoms with E-state index in [1.165, 1.54) is 24.3 Å². The molecule has 0 saturated heterocycles. The second-order valence-corrected chi connectivity index (χ2v) is 3.63. The van der Waals surface area contributed by atoms with E-state index in [0.29, 0.717) is 0 Å². The van der Waals surface area contributed by atoms with Gasteiger partial charge in [-0.3, -0.25) is 0 Å². The van der Waals surface area contributed by atoms with Crippen LogP contribution >= 0.6 is 11.6 Å². The molecule has 0 saturated carbocycles. The fourth-order valence-corrected chi connectivity index (χ4v) is 1.70. The van der Waals surface area contributed by atoms with Gasteiger partial charge in [0.05, 0.1) is 5.02 Å². The van der Waals surface area contributed by atoms with Gasteiger partial charge in [-0.05, 0) is 29.8 Å². The van der Waals surface area contributed by atoms with E-state index in [2.05, 4.69) is 0 Å². The van der Waals surface area contributed by atoms with Gasteiger partial charge in [0.25, 0.3) is 0 Å². The van der Waals surface area contributed by atoms with Gasteiger partial charge in [-0.15, -0.1) is 0 Å². The highest BCUT2D eigenvalue weighted by atomic mass is 35.5. The van der Waals surface area contributed by atoms with Gasteiger partial charge >= 0.3 is 0 Å². The summed E-state index contributed by atoms with van der Waals surface area (Å²) in [6.07, 6.45) is 0. The third kappa shape index (κ3) is 1.91. The normalized spacial score (nSPS) is 10.5. The Kier molecular flexibility index (Phi) is 2.88. The van der Waals surface area contributed by atoms with Crippen molar-refractivity contribution in [3.05, 3.63) is 58.9 Å². The first-order valence-corrected chi connectivity index (χ1v) is 4.87. The predicted molar refractivity (Wildman–Crippen MR) is 56.8 cm³/mol. The van der Waals surface area contributed by atoms with Crippen LogP contribution in [0.5, 0.6) is 0 Å². The summed E-state index contributed by atoms with van der Waals surface area (Å²) in [6, 6.07) is 7.28. The number of rotatable bonds is 1. The van der Waals surface area contributed by atoms with E-state index in [9.17, 15) is 13.2 Å². The van der Waals surface area contributed by atoms with Crippen molar-refractivity contribution in [2.24, 2.45) is 0 Å². The van der Waals surface area contributed by atoms with Crippen LogP contribution in [0.2, 0.25) is 5.02 Å². The lowest BCUT2D eigenvalue weighted by Crippen LogP contribution is -1.89. The Morgan fingerprint density at radius 2 is 1.56 bits per heavy atom. The zero-order valence-corrected chi connectivity index (χ0v) is 8.73. The van der Waals surface area contributed by atoms with E-state index < -0.39 is 17.5 Å². The molecule has 2 aromatic rings. The molecular weight excluding hydrogens is 237 g/mol. The lowest BCUT2D eigenvalue weighted by atomic mass is 10.0. The van der Waals surface area contributed by atoms with Crippen LogP contribution in [0.4, 0.5) is 13.2 Å². The van der Waals surface area contributed by atoms with Crippen molar-refractivity contribution in [3.8, 4) is 11.1 Å². The maximum absolute atomic E-state index is 13.5. The third-order valence-corrected chi connectivity index (χ3v) is 2.49. The minimum absolute atomic E-state index is 0.0723. The molecule has 16 heavy (non-hydrogen) atoms. The number of hydrogen-bond donors (Lipinski definition) is 0. The molecule has 0 radical (unpaired) electrons. The largest absolute Gasteiger partial charge is 0.206 e. The molecule has 0 aliphatic carbocycles. The standard InChI is InChI=1S/C12H6ClF3/c13-8-2-1-3-10(15)12(8)7-4-5-9(14)11(16)6-7/h1-6H. The number of benzene rings is 2. The maximum Gasteiger partial charge on any atom is 0.159 e. The lowest BCUT2D eigenvalue weighted by molar-refractivity contribution is 0.509. The van der Waals surface area contributed by atoms with Crippen molar-refractivity contribution >= 4 is 11.6 Å². The Bertz CT molecular complexity index is 518. The molecule has 0 fully saturated rings. The van der Waals surface area contributed by atoms with Crippen molar-refractivity contribution in [3.63, 3.8) is 0 Å². The fraction of sp³-hybridized carbons (Fsp3) is 0. The first-order chi connectivity index (χ1) is 7.59. The molecule has 0 aromatic heterocycles. The molecule has 0 bridgehead atoms. The van der Waals surface area contributed by atoms with Gasteiger partial charge in [-0.25, -0.2) is 13.2 Å². The summed E-state index contributed by atoms with van der Waals surface area (Å²) < 4.78 is 39.2. The SMILES string of the molecule is Fc1ccc(-c2c(F)cccc2Cl)cc1F. The molecule has 0 heterocycles. The molecule has 0 spiro atoms. The van der Waals surface area contributed by atoms with Crippen molar-refractivity contribution in [1.29, 1.82) is 0 Å². The summed E-state index contributed by atoms with van der Waals surface area (Å²) in [5, 5.41) is 0.158. The van der Waals surface area contributed by atoms with E-state index in [1.54, 1.807) is 0 Å². The molecule has 0 N–H and O–H groups in total. The van der Waals surface area contributed by atoms with Gasteiger partial charge in [-0.2, -0.15) is 0 Å². The van der Waals surface area contributed by atoms with Crippen molar-refractivity contribution in [2.45, 2.75) is 0 Å². The Hall–Kier alpha value is -1.48. The molecule has 0 amide bonds. The summed E-state index contributed by atoms with van der Waals surface area (Å²) in [6.45, 7) is 0. The predicted octanol–water partition coefficient (Wildman–Crippen LogP) is 4.42. The summed E-state index contributed by atoms with van der Waals surface area (Å²) in [7, 11) is 0. The zero-order chi connectivity index (χ0) is 11.7. The number of halogens is 4. The molecule has 82 valence electrons. The molecular formula is C12H6ClF3. The quantitative estimate of drug-likeness (QED) is 0.694. The van der Waals surface area contributed by atoms with E-state index in [0.717, 1.165) is 12.1 Å². The highest BCUT2D eigenvalue weighted by Crippen LogP contribution is 2.31. The van der Waals surface area contributed by atoms with Gasteiger partial charge in [0.1, 0.15) is 5.82 Å². The van der Waals surface area contributed by atoms with E-state index in [1.807, 2.05) is 0 Å². The monoisotopic (exact) mass is 242 g/mol. The second kappa shape index (κ2) is 4.18. The molecule has 0 aliphatic heterocycles. The first-order valence-electron chi connectivity index (χ1n) is 4.49. The van der Waals surface area contributed by atoms with Crippen LogP contribution in [-0.4, -0.2) is 0 Å². The third-order valence-electron chi connectivity index (χ3n) is 2.17. The molecule has 0 atom stereocenters. The topological polar surface area (TPSA) is 0 Å². The van der Waals surface area contributed by atoms with Gasteiger partial charge in [0, 0.05) is 5.56 Å². The van der Waals surface area contributed by atoms with Crippen LogP contribution < -0.4 is 0 Å². The van der Waals surface area contributed by atoms with Crippen LogP contribution in [-0.2, 0) is 0 Å². The van der Waals surface area contributed by atoms with Gasteiger partial charge in [0.2, 0.25) is 0 Å².